The topological polar surface area (TPSA) is 43.6 Å². The summed E-state index contributed by atoms with van der Waals surface area (Å²) < 4.78 is 2.13. The third-order valence-corrected chi connectivity index (χ3v) is 4.86. The van der Waals surface area contributed by atoms with E-state index >= 15 is 0 Å². The van der Waals surface area contributed by atoms with E-state index in [1.54, 1.807) is 11.8 Å². The second kappa shape index (κ2) is 6.84. The maximum absolute atomic E-state index is 4.52. The highest BCUT2D eigenvalue weighted by molar-refractivity contribution is 7.98. The lowest BCUT2D eigenvalue weighted by Crippen LogP contribution is -2.02. The number of hydrogen-bond acceptors (Lipinski definition) is 4. The van der Waals surface area contributed by atoms with Crippen molar-refractivity contribution in [1.82, 2.24) is 19.5 Å². The summed E-state index contributed by atoms with van der Waals surface area (Å²) in [5, 5.41) is 2.17. The van der Waals surface area contributed by atoms with E-state index in [0.29, 0.717) is 0 Å². The normalized spacial score (nSPS) is 11.0. The highest BCUT2D eigenvalue weighted by Crippen LogP contribution is 2.25. The summed E-state index contributed by atoms with van der Waals surface area (Å²) in [6, 6.07) is 16.3. The summed E-state index contributed by atoms with van der Waals surface area (Å²) in [6.45, 7) is 0.733. The second-order valence-electron chi connectivity index (χ2n) is 5.44. The van der Waals surface area contributed by atoms with Crippen LogP contribution in [-0.2, 0) is 12.3 Å². The predicted molar refractivity (Wildman–Crippen MR) is 96.9 cm³/mol. The molecule has 0 N–H and O–H groups in total. The van der Waals surface area contributed by atoms with Crippen LogP contribution in [0.15, 0.2) is 78.5 Å². The smallest absolute Gasteiger partial charge is 0.168 e. The molecule has 24 heavy (non-hydrogen) atoms. The molecule has 5 heteroatoms. The third-order valence-electron chi connectivity index (χ3n) is 3.81. The van der Waals surface area contributed by atoms with Crippen molar-refractivity contribution in [1.29, 1.82) is 0 Å². The standard InChI is InChI=1S/C19H16N4S/c1-2-9-20-17(8-1)13-23-12-11-22-19(23)24-14-16-6-3-5-15-7-4-10-21-18(15)16/h1-12H,13-14H2. The summed E-state index contributed by atoms with van der Waals surface area (Å²) in [6.07, 6.45) is 7.50. The first-order valence-corrected chi connectivity index (χ1v) is 8.75. The SMILES string of the molecule is c1ccc(Cn2ccnc2SCc2cccc3cccnc23)nc1. The first-order chi connectivity index (χ1) is 11.9. The van der Waals surface area contributed by atoms with Gasteiger partial charge in [-0.2, -0.15) is 0 Å². The summed E-state index contributed by atoms with van der Waals surface area (Å²) in [7, 11) is 0. The van der Waals surface area contributed by atoms with Gasteiger partial charge in [-0.05, 0) is 23.8 Å². The average Bonchev–Trinajstić information content (AvgIpc) is 3.08. The monoisotopic (exact) mass is 332 g/mol. The van der Waals surface area contributed by atoms with Crippen molar-refractivity contribution in [2.75, 3.05) is 0 Å². The van der Waals surface area contributed by atoms with E-state index in [0.717, 1.165) is 28.7 Å². The molecule has 3 heterocycles. The minimum Gasteiger partial charge on any atom is -0.320 e. The molecule has 3 aromatic heterocycles. The first kappa shape index (κ1) is 14.9. The minimum atomic E-state index is 0.733. The maximum atomic E-state index is 4.52. The van der Waals surface area contributed by atoms with E-state index in [4.69, 9.17) is 0 Å². The van der Waals surface area contributed by atoms with Gasteiger partial charge < -0.3 is 4.57 Å². The van der Waals surface area contributed by atoms with Gasteiger partial charge in [0.1, 0.15) is 0 Å². The molecule has 0 unspecified atom stereocenters. The number of fused-ring (bicyclic) bond motifs is 1. The molecule has 4 rings (SSSR count). The van der Waals surface area contributed by atoms with Gasteiger partial charge in [0, 0.05) is 35.9 Å². The molecule has 118 valence electrons. The Kier molecular flexibility index (Phi) is 4.25. The van der Waals surface area contributed by atoms with Crippen LogP contribution in [0.5, 0.6) is 0 Å². The van der Waals surface area contributed by atoms with Gasteiger partial charge in [-0.1, -0.05) is 42.1 Å². The van der Waals surface area contributed by atoms with Gasteiger partial charge in [0.15, 0.2) is 5.16 Å². The molecule has 0 aliphatic rings. The van der Waals surface area contributed by atoms with Crippen molar-refractivity contribution >= 4 is 22.7 Å². The quantitative estimate of drug-likeness (QED) is 0.515. The van der Waals surface area contributed by atoms with Crippen molar-refractivity contribution in [2.24, 2.45) is 0 Å². The van der Waals surface area contributed by atoms with E-state index in [1.807, 2.05) is 49.1 Å². The van der Waals surface area contributed by atoms with Crippen LogP contribution in [0, 0.1) is 0 Å². The number of benzene rings is 1. The lowest BCUT2D eigenvalue weighted by Gasteiger charge is -2.08. The molecule has 0 atom stereocenters. The van der Waals surface area contributed by atoms with Gasteiger partial charge in [-0.25, -0.2) is 4.98 Å². The van der Waals surface area contributed by atoms with Crippen LogP contribution in [0.25, 0.3) is 10.9 Å². The van der Waals surface area contributed by atoms with Crippen LogP contribution < -0.4 is 0 Å². The number of para-hydroxylation sites is 1. The maximum Gasteiger partial charge on any atom is 0.168 e. The van der Waals surface area contributed by atoms with Crippen LogP contribution >= 0.6 is 11.8 Å². The molecule has 0 fully saturated rings. The molecular weight excluding hydrogens is 316 g/mol. The number of aromatic nitrogens is 4. The Morgan fingerprint density at radius 2 is 1.75 bits per heavy atom. The Bertz CT molecular complexity index is 944. The fraction of sp³-hybridized carbons (Fsp3) is 0.105. The molecule has 0 spiro atoms. The van der Waals surface area contributed by atoms with Crippen molar-refractivity contribution in [3.05, 3.63) is 84.6 Å². The summed E-state index contributed by atoms with van der Waals surface area (Å²) in [4.78, 5) is 13.4. The van der Waals surface area contributed by atoms with Crippen LogP contribution in [0.2, 0.25) is 0 Å². The molecular formula is C19H16N4S. The summed E-state index contributed by atoms with van der Waals surface area (Å²) >= 11 is 1.72. The van der Waals surface area contributed by atoms with Crippen molar-refractivity contribution in [2.45, 2.75) is 17.5 Å². The van der Waals surface area contributed by atoms with Crippen LogP contribution in [-0.4, -0.2) is 19.5 Å². The Labute approximate surface area is 144 Å². The van der Waals surface area contributed by atoms with Gasteiger partial charge in [-0.15, -0.1) is 0 Å². The molecule has 0 saturated carbocycles. The largest absolute Gasteiger partial charge is 0.320 e. The van der Waals surface area contributed by atoms with E-state index in [2.05, 4.69) is 43.8 Å². The van der Waals surface area contributed by atoms with Crippen molar-refractivity contribution < 1.29 is 0 Å². The Morgan fingerprint density at radius 3 is 2.67 bits per heavy atom. The Morgan fingerprint density at radius 1 is 0.833 bits per heavy atom. The summed E-state index contributed by atoms with van der Waals surface area (Å²) in [5.74, 6) is 0.841. The van der Waals surface area contributed by atoms with Gasteiger partial charge in [-0.3, -0.25) is 9.97 Å². The lowest BCUT2D eigenvalue weighted by molar-refractivity contribution is 0.693. The highest BCUT2D eigenvalue weighted by atomic mass is 32.2. The molecule has 0 bridgehead atoms. The number of nitrogens with zero attached hydrogens (tertiary/aromatic N) is 4. The van der Waals surface area contributed by atoms with E-state index in [1.165, 1.54) is 10.9 Å². The summed E-state index contributed by atoms with van der Waals surface area (Å²) in [5.41, 5.74) is 3.32. The van der Waals surface area contributed by atoms with Gasteiger partial charge in [0.25, 0.3) is 0 Å². The van der Waals surface area contributed by atoms with Crippen LogP contribution in [0.1, 0.15) is 11.3 Å². The molecule has 4 nitrogen and oxygen atoms in total. The zero-order chi connectivity index (χ0) is 16.2. The molecule has 0 aliphatic heterocycles. The first-order valence-electron chi connectivity index (χ1n) is 7.76. The molecule has 0 aliphatic carbocycles. The fourth-order valence-electron chi connectivity index (χ4n) is 2.65. The van der Waals surface area contributed by atoms with Crippen LogP contribution in [0.3, 0.4) is 0 Å². The average molecular weight is 332 g/mol. The van der Waals surface area contributed by atoms with Crippen molar-refractivity contribution in [3.63, 3.8) is 0 Å². The molecule has 0 radical (unpaired) electrons. The van der Waals surface area contributed by atoms with Gasteiger partial charge >= 0.3 is 0 Å². The third kappa shape index (κ3) is 3.16. The number of hydrogen-bond donors (Lipinski definition) is 0. The zero-order valence-corrected chi connectivity index (χ0v) is 13.9. The van der Waals surface area contributed by atoms with E-state index in [-0.39, 0.29) is 0 Å². The molecule has 1 aromatic carbocycles. The fourth-order valence-corrected chi connectivity index (χ4v) is 3.59. The molecule has 0 amide bonds. The highest BCUT2D eigenvalue weighted by Gasteiger charge is 2.08. The van der Waals surface area contributed by atoms with E-state index in [9.17, 15) is 0 Å². The van der Waals surface area contributed by atoms with E-state index < -0.39 is 0 Å². The number of thioether (sulfide) groups is 1. The van der Waals surface area contributed by atoms with Gasteiger partial charge in [0.2, 0.25) is 0 Å². The lowest BCUT2D eigenvalue weighted by atomic mass is 10.1. The molecule has 4 aromatic rings. The number of rotatable bonds is 5. The van der Waals surface area contributed by atoms with Crippen LogP contribution in [0.4, 0.5) is 0 Å². The Balaban J connectivity index is 1.53. The van der Waals surface area contributed by atoms with Gasteiger partial charge in [0.05, 0.1) is 17.8 Å². The zero-order valence-electron chi connectivity index (χ0n) is 13.0. The predicted octanol–water partition coefficient (Wildman–Crippen LogP) is 4.17. The Hall–Kier alpha value is -2.66. The number of pyridine rings is 2. The minimum absolute atomic E-state index is 0.733. The molecule has 0 saturated heterocycles. The number of imidazole rings is 1. The van der Waals surface area contributed by atoms with Crippen molar-refractivity contribution in [3.8, 4) is 0 Å². The second-order valence-corrected chi connectivity index (χ2v) is 6.38.